The van der Waals surface area contributed by atoms with E-state index in [1.807, 2.05) is 0 Å². The number of hydrogen-bond acceptors (Lipinski definition) is 0. The normalized spacial score (nSPS) is 2.38. The molecule has 0 aromatic carbocycles. The second-order valence-electron chi connectivity index (χ2n) is 0.0445. The first-order valence-electron chi connectivity index (χ1n) is 0.260. The Balaban J connectivity index is -0.00000000200. The summed E-state index contributed by atoms with van der Waals surface area (Å²) in [6.45, 7) is 0. The van der Waals surface area contributed by atoms with Gasteiger partial charge in [0.2, 0.25) is 0 Å². The molecule has 0 nitrogen and oxygen atoms in total. The fourth-order valence-electron chi connectivity index (χ4n) is 0. The quantitative estimate of drug-likeness (QED) is 0.300. The van der Waals surface area contributed by atoms with Crippen molar-refractivity contribution >= 4 is 0 Å². The summed E-state index contributed by atoms with van der Waals surface area (Å²) in [7, 11) is 0. The zero-order chi connectivity index (χ0) is 2.71. The largest absolute Gasteiger partial charge is 0 e. The van der Waals surface area contributed by atoms with Crippen LogP contribution in [0.25, 0.3) is 0 Å². The SMILES string of the molecule is [Mn].[Os][Re][Ir].[Pd].[Pt].[Rh].[Ru]. The summed E-state index contributed by atoms with van der Waals surface area (Å²) in [5.74, 6) is 0. The van der Waals surface area contributed by atoms with E-state index in [0.29, 0.717) is 12.6 Å². The molecule has 0 amide bonds. The van der Waals surface area contributed by atoms with Gasteiger partial charge in [0.1, 0.15) is 0 Å². The molecule has 8 heteroatoms. The van der Waals surface area contributed by atoms with Crippen molar-refractivity contribution in [3.05, 3.63) is 0 Å². The van der Waals surface area contributed by atoms with Gasteiger partial charge in [0.05, 0.1) is 0 Å². The van der Waals surface area contributed by atoms with Crippen molar-refractivity contribution in [2.75, 3.05) is 0 Å². The van der Waals surface area contributed by atoms with Crippen LogP contribution in [0.5, 0.6) is 0 Å². The molecule has 0 aliphatic heterocycles. The van der Waals surface area contributed by atoms with Gasteiger partial charge in [0.25, 0.3) is 0 Å². The van der Waals surface area contributed by atoms with Crippen LogP contribution >= 0.6 is 0 Å². The summed E-state index contributed by atoms with van der Waals surface area (Å²) in [6, 6.07) is 0. The van der Waals surface area contributed by atoms with Gasteiger partial charge in [-0.25, -0.2) is 0 Å². The molecule has 0 aliphatic rings. The minimum atomic E-state index is 0. The van der Waals surface area contributed by atoms with Gasteiger partial charge in [-0.05, 0) is 0 Å². The first-order valence-corrected chi connectivity index (χ1v) is 17.4. The summed E-state index contributed by atoms with van der Waals surface area (Å²) < 4.78 is 0. The van der Waals surface area contributed by atoms with E-state index < -0.39 is 0 Å². The van der Waals surface area contributed by atoms with Gasteiger partial charge in [-0.3, -0.25) is 0 Å². The van der Waals surface area contributed by atoms with Crippen LogP contribution in [-0.4, -0.2) is 0 Å². The summed E-state index contributed by atoms with van der Waals surface area (Å²) in [5, 5.41) is 0. The van der Waals surface area contributed by atoms with E-state index >= 15 is 0 Å². The summed E-state index contributed by atoms with van der Waals surface area (Å²) in [4.78, 5) is 0. The Bertz CT molecular complexity index is 24.0. The number of rotatable bonds is 0. The fraction of sp³-hybridized carbons (Fsp3) is 0. The van der Waals surface area contributed by atoms with Crippen molar-refractivity contribution in [1.82, 2.24) is 0 Å². The van der Waals surface area contributed by atoms with Crippen LogP contribution < -0.4 is 0 Å². The maximum atomic E-state index is 2.29. The van der Waals surface area contributed by atoms with Gasteiger partial charge in [-0.2, -0.15) is 0 Å². The van der Waals surface area contributed by atoms with Crippen molar-refractivity contribution in [2.45, 2.75) is 0 Å². The van der Waals surface area contributed by atoms with Crippen LogP contribution in [0.3, 0.4) is 0 Å². The standard InChI is InChI=1S/Ir.Mn.Os.Pd.Pt.Re.Rh.Ru. The Hall–Kier alpha value is 5.06. The zero-order valence-corrected chi connectivity index (χ0v) is 18.8. The van der Waals surface area contributed by atoms with Crippen molar-refractivity contribution in [1.29, 1.82) is 0 Å². The van der Waals surface area contributed by atoms with Crippen molar-refractivity contribution in [2.24, 2.45) is 0 Å². The molecule has 0 N–H and O–H groups in total. The van der Waals surface area contributed by atoms with Crippen LogP contribution in [0.15, 0.2) is 0 Å². The Kier molecular flexibility index (Phi) is 191. The van der Waals surface area contributed by atoms with Crippen molar-refractivity contribution in [3.8, 4) is 0 Å². The van der Waals surface area contributed by atoms with E-state index in [4.69, 9.17) is 0 Å². The molecule has 0 bridgehead atoms. The molecular formula is IrMnOsPdPtReRhRu. The average molecular weight is 1130 g/mol. The van der Waals surface area contributed by atoms with E-state index in [9.17, 15) is 0 Å². The monoisotopic (exact) mass is 1130 g/mol. The molecule has 0 unspecified atom stereocenters. The van der Waals surface area contributed by atoms with E-state index in [1.54, 1.807) is 0 Å². The van der Waals surface area contributed by atoms with Gasteiger partial charge in [-0.15, -0.1) is 0 Å². The van der Waals surface area contributed by atoms with Crippen LogP contribution in [-0.2, 0) is 142 Å². The van der Waals surface area contributed by atoms with Crippen LogP contribution in [0, 0.1) is 0 Å². The Morgan fingerprint density at radius 2 is 1.38 bits per heavy atom. The molecule has 68 valence electrons. The summed E-state index contributed by atoms with van der Waals surface area (Å²) in [6.07, 6.45) is 0. The average Bonchev–Trinajstić information content (AvgIpc) is 0.918. The third-order valence-corrected chi connectivity index (χ3v) is 0. The maximum absolute atomic E-state index is 2.29. The molecule has 0 saturated heterocycles. The van der Waals surface area contributed by atoms with Crippen LogP contribution in [0.1, 0.15) is 0 Å². The van der Waals surface area contributed by atoms with E-state index in [0.717, 1.165) is 0 Å². The molecule has 8 heavy (non-hydrogen) atoms. The first-order chi connectivity index (χ1) is 1.41. The molecule has 0 saturated carbocycles. The van der Waals surface area contributed by atoms with Crippen LogP contribution in [0.4, 0.5) is 0 Å². The van der Waals surface area contributed by atoms with Gasteiger partial charge < -0.3 is 0 Å². The van der Waals surface area contributed by atoms with E-state index in [1.165, 1.54) is 0 Å². The maximum Gasteiger partial charge on any atom is 0 e. The molecule has 0 aromatic heterocycles. The molecule has 0 aliphatic carbocycles. The molecule has 0 spiro atoms. The molecular weight excluding hydrogens is 1130 g/mol. The van der Waals surface area contributed by atoms with Gasteiger partial charge in [-0.1, -0.05) is 0 Å². The third-order valence-electron chi connectivity index (χ3n) is 0. The smallest absolute Gasteiger partial charge is 0 e. The fourth-order valence-corrected chi connectivity index (χ4v) is 0. The molecule has 0 heterocycles. The van der Waals surface area contributed by atoms with Gasteiger partial charge >= 0.3 is 44.6 Å². The Morgan fingerprint density at radius 3 is 1.38 bits per heavy atom. The van der Waals surface area contributed by atoms with Crippen LogP contribution in [0.2, 0.25) is 0 Å². The molecule has 0 fully saturated rings. The topological polar surface area (TPSA) is 0 Å². The Labute approximate surface area is 139 Å². The molecule has 2 radical (unpaired) electrons. The van der Waals surface area contributed by atoms with Crippen molar-refractivity contribution < 1.29 is 142 Å². The summed E-state index contributed by atoms with van der Waals surface area (Å²) >= 11 is 4.78. The Morgan fingerprint density at radius 1 is 1.38 bits per heavy atom. The predicted molar refractivity (Wildman–Crippen MR) is 0 cm³/mol. The minimum absolute atomic E-state index is 0. The van der Waals surface area contributed by atoms with Gasteiger partial charge in [0.15, 0.2) is 0 Å². The molecule has 0 rings (SSSR count). The third kappa shape index (κ3) is 43.7. The second-order valence-corrected chi connectivity index (χ2v) is 24.4. The van der Waals surface area contributed by atoms with Crippen molar-refractivity contribution in [3.63, 3.8) is 0 Å². The second kappa shape index (κ2) is 40.2. The minimum Gasteiger partial charge on any atom is 0 e. The molecule has 0 atom stereocenters. The molecule has 0 aromatic rings. The predicted octanol–water partition coefficient (Wildman–Crippen LogP) is -0.0200. The first kappa shape index (κ1) is 38.1. The zero-order valence-electron chi connectivity index (χ0n) is 2.76. The van der Waals surface area contributed by atoms with Gasteiger partial charge in [0, 0.05) is 97.5 Å². The van der Waals surface area contributed by atoms with E-state index in [-0.39, 0.29) is 97.5 Å². The van der Waals surface area contributed by atoms with E-state index in [2.05, 4.69) is 32.0 Å². The summed E-state index contributed by atoms with van der Waals surface area (Å²) in [5.41, 5.74) is 0. The number of hydrogen-bond donors (Lipinski definition) is 0.